The molecule has 4 heteroatoms. The lowest BCUT2D eigenvalue weighted by atomic mass is 9.98. The Kier molecular flexibility index (Phi) is 4.70. The second kappa shape index (κ2) is 6.29. The van der Waals surface area contributed by atoms with Crippen LogP contribution in [0.3, 0.4) is 0 Å². The van der Waals surface area contributed by atoms with E-state index < -0.39 is 0 Å². The van der Waals surface area contributed by atoms with E-state index in [0.29, 0.717) is 12.5 Å². The zero-order valence-electron chi connectivity index (χ0n) is 11.4. The molecule has 0 bridgehead atoms. The van der Waals surface area contributed by atoms with Crippen molar-refractivity contribution in [1.82, 2.24) is 0 Å². The van der Waals surface area contributed by atoms with Gasteiger partial charge in [-0.2, -0.15) is 0 Å². The number of hydrogen-bond donors (Lipinski definition) is 0. The molecular formula is C15H19ClO3. The lowest BCUT2D eigenvalue weighted by Gasteiger charge is -2.15. The molecule has 2 rings (SSSR count). The molecule has 0 unspecified atom stereocenters. The Morgan fingerprint density at radius 1 is 1.37 bits per heavy atom. The standard InChI is InChI=1S/C15H19ClO3/c1-3-18-15(17)9-19-14-7-10(2)13(8-16)11-5-4-6-12(11)14/h7H,3-6,8-9H2,1-2H3. The molecule has 0 spiro atoms. The SMILES string of the molecule is CCOC(=O)COc1cc(C)c(CCl)c2c1CCC2. The minimum Gasteiger partial charge on any atom is -0.482 e. The third-order valence-electron chi connectivity index (χ3n) is 3.49. The molecule has 19 heavy (non-hydrogen) atoms. The molecule has 104 valence electrons. The third-order valence-corrected chi connectivity index (χ3v) is 3.75. The molecule has 1 aromatic carbocycles. The fourth-order valence-electron chi connectivity index (χ4n) is 2.61. The lowest BCUT2D eigenvalue weighted by Crippen LogP contribution is -2.15. The summed E-state index contributed by atoms with van der Waals surface area (Å²) in [5.74, 6) is 1.02. The molecule has 0 radical (unpaired) electrons. The summed E-state index contributed by atoms with van der Waals surface area (Å²) in [4.78, 5) is 11.4. The van der Waals surface area contributed by atoms with Crippen LogP contribution in [-0.2, 0) is 28.3 Å². The number of benzene rings is 1. The molecule has 0 amide bonds. The maximum atomic E-state index is 11.4. The predicted octanol–water partition coefficient (Wildman–Crippen LogP) is 3.16. The highest BCUT2D eigenvalue weighted by atomic mass is 35.5. The summed E-state index contributed by atoms with van der Waals surface area (Å²) in [7, 11) is 0. The molecule has 0 fully saturated rings. The molecule has 0 aliphatic heterocycles. The molecule has 1 aliphatic rings. The van der Waals surface area contributed by atoms with E-state index in [2.05, 4.69) is 0 Å². The first-order valence-electron chi connectivity index (χ1n) is 6.66. The summed E-state index contributed by atoms with van der Waals surface area (Å²) in [6.07, 6.45) is 3.17. The second-order valence-electron chi connectivity index (χ2n) is 4.71. The molecule has 0 heterocycles. The fourth-order valence-corrected chi connectivity index (χ4v) is 2.98. The number of hydrogen-bond acceptors (Lipinski definition) is 3. The van der Waals surface area contributed by atoms with Gasteiger partial charge in [0, 0.05) is 5.88 Å². The summed E-state index contributed by atoms with van der Waals surface area (Å²) in [5.41, 5.74) is 4.88. The average Bonchev–Trinajstić information content (AvgIpc) is 2.85. The average molecular weight is 283 g/mol. The Balaban J connectivity index is 2.20. The second-order valence-corrected chi connectivity index (χ2v) is 4.98. The number of fused-ring (bicyclic) bond motifs is 1. The van der Waals surface area contributed by atoms with E-state index in [1.54, 1.807) is 6.92 Å². The van der Waals surface area contributed by atoms with Crippen LogP contribution >= 0.6 is 11.6 Å². The van der Waals surface area contributed by atoms with E-state index in [9.17, 15) is 4.79 Å². The summed E-state index contributed by atoms with van der Waals surface area (Å²) in [6, 6.07) is 1.99. The first-order valence-corrected chi connectivity index (χ1v) is 7.19. The Bertz CT molecular complexity index is 483. The summed E-state index contributed by atoms with van der Waals surface area (Å²) >= 11 is 6.02. The van der Waals surface area contributed by atoms with E-state index >= 15 is 0 Å². The molecule has 0 N–H and O–H groups in total. The van der Waals surface area contributed by atoms with Gasteiger partial charge in [0.05, 0.1) is 6.61 Å². The summed E-state index contributed by atoms with van der Waals surface area (Å²) < 4.78 is 10.5. The number of halogens is 1. The number of carbonyl (C=O) groups excluding carboxylic acids is 1. The van der Waals surface area contributed by atoms with Crippen LogP contribution in [0.4, 0.5) is 0 Å². The molecule has 1 aliphatic carbocycles. The largest absolute Gasteiger partial charge is 0.482 e. The zero-order valence-corrected chi connectivity index (χ0v) is 12.2. The third kappa shape index (κ3) is 3.03. The fraction of sp³-hybridized carbons (Fsp3) is 0.533. The van der Waals surface area contributed by atoms with Crippen molar-refractivity contribution in [2.45, 2.75) is 39.0 Å². The van der Waals surface area contributed by atoms with Crippen LogP contribution in [0.2, 0.25) is 0 Å². The van der Waals surface area contributed by atoms with Crippen molar-refractivity contribution < 1.29 is 14.3 Å². The number of rotatable bonds is 5. The van der Waals surface area contributed by atoms with E-state index in [1.165, 1.54) is 16.7 Å². The molecular weight excluding hydrogens is 264 g/mol. The van der Waals surface area contributed by atoms with Gasteiger partial charge in [0.2, 0.25) is 0 Å². The van der Waals surface area contributed by atoms with Crippen molar-refractivity contribution in [2.75, 3.05) is 13.2 Å². The van der Waals surface area contributed by atoms with Crippen LogP contribution in [0.1, 0.15) is 35.6 Å². The van der Waals surface area contributed by atoms with Gasteiger partial charge < -0.3 is 9.47 Å². The molecule has 0 saturated heterocycles. The van der Waals surface area contributed by atoms with Crippen molar-refractivity contribution in [3.05, 3.63) is 28.3 Å². The number of aryl methyl sites for hydroxylation is 1. The van der Waals surface area contributed by atoms with Gasteiger partial charge in [-0.05, 0) is 61.4 Å². The van der Waals surface area contributed by atoms with Crippen LogP contribution in [0.5, 0.6) is 5.75 Å². The topological polar surface area (TPSA) is 35.5 Å². The number of carbonyl (C=O) groups is 1. The van der Waals surface area contributed by atoms with Crippen molar-refractivity contribution in [3.63, 3.8) is 0 Å². The highest BCUT2D eigenvalue weighted by molar-refractivity contribution is 6.17. The van der Waals surface area contributed by atoms with Gasteiger partial charge in [-0.25, -0.2) is 4.79 Å². The monoisotopic (exact) mass is 282 g/mol. The Hall–Kier alpha value is -1.22. The predicted molar refractivity (Wildman–Crippen MR) is 74.9 cm³/mol. The van der Waals surface area contributed by atoms with Gasteiger partial charge in [0.1, 0.15) is 5.75 Å². The van der Waals surface area contributed by atoms with E-state index in [1.807, 2.05) is 13.0 Å². The van der Waals surface area contributed by atoms with Crippen LogP contribution in [0.25, 0.3) is 0 Å². The molecule has 3 nitrogen and oxygen atoms in total. The normalized spacial score (nSPS) is 13.2. The van der Waals surface area contributed by atoms with Gasteiger partial charge in [0.25, 0.3) is 0 Å². The van der Waals surface area contributed by atoms with Crippen molar-refractivity contribution in [2.24, 2.45) is 0 Å². The van der Waals surface area contributed by atoms with Crippen molar-refractivity contribution in [3.8, 4) is 5.75 Å². The van der Waals surface area contributed by atoms with Crippen LogP contribution in [0, 0.1) is 6.92 Å². The first-order chi connectivity index (χ1) is 9.17. The van der Waals surface area contributed by atoms with Crippen LogP contribution in [-0.4, -0.2) is 19.2 Å². The maximum Gasteiger partial charge on any atom is 0.344 e. The van der Waals surface area contributed by atoms with Gasteiger partial charge in [-0.3, -0.25) is 0 Å². The molecule has 0 aromatic heterocycles. The van der Waals surface area contributed by atoms with Gasteiger partial charge in [0.15, 0.2) is 6.61 Å². The number of esters is 1. The minimum atomic E-state index is -0.326. The molecule has 1 aromatic rings. The van der Waals surface area contributed by atoms with Crippen molar-refractivity contribution in [1.29, 1.82) is 0 Å². The van der Waals surface area contributed by atoms with E-state index in [0.717, 1.165) is 30.6 Å². The van der Waals surface area contributed by atoms with Crippen molar-refractivity contribution >= 4 is 17.6 Å². The first kappa shape index (κ1) is 14.2. The number of ether oxygens (including phenoxy) is 2. The highest BCUT2D eigenvalue weighted by Gasteiger charge is 2.21. The summed E-state index contributed by atoms with van der Waals surface area (Å²) in [5, 5.41) is 0. The zero-order chi connectivity index (χ0) is 13.8. The van der Waals surface area contributed by atoms with Gasteiger partial charge in [-0.15, -0.1) is 11.6 Å². The molecule has 0 saturated carbocycles. The Labute approximate surface area is 118 Å². The van der Waals surface area contributed by atoms with Crippen LogP contribution < -0.4 is 4.74 Å². The van der Waals surface area contributed by atoms with Gasteiger partial charge >= 0.3 is 5.97 Å². The number of alkyl halides is 1. The Morgan fingerprint density at radius 2 is 2.11 bits per heavy atom. The minimum absolute atomic E-state index is 0.0278. The quantitative estimate of drug-likeness (QED) is 0.615. The highest BCUT2D eigenvalue weighted by Crippen LogP contribution is 2.36. The van der Waals surface area contributed by atoms with Gasteiger partial charge in [-0.1, -0.05) is 0 Å². The molecule has 0 atom stereocenters. The Morgan fingerprint density at radius 3 is 2.79 bits per heavy atom. The smallest absolute Gasteiger partial charge is 0.344 e. The summed E-state index contributed by atoms with van der Waals surface area (Å²) in [6.45, 7) is 4.17. The van der Waals surface area contributed by atoms with E-state index in [4.69, 9.17) is 21.1 Å². The van der Waals surface area contributed by atoms with E-state index in [-0.39, 0.29) is 12.6 Å². The van der Waals surface area contributed by atoms with Crippen LogP contribution in [0.15, 0.2) is 6.07 Å². The maximum absolute atomic E-state index is 11.4. The lowest BCUT2D eigenvalue weighted by molar-refractivity contribution is -0.145.